The Morgan fingerprint density at radius 1 is 1.31 bits per heavy atom. The number of thioether (sulfide) groups is 1. The molecule has 0 aromatic heterocycles. The minimum Gasteiger partial charge on any atom is -0.391 e. The van der Waals surface area contributed by atoms with E-state index < -0.39 is 15.9 Å². The first kappa shape index (κ1) is 16.2. The molecule has 2 N–H and O–H groups in total. The summed E-state index contributed by atoms with van der Waals surface area (Å²) in [6, 6.07) is 0. The highest BCUT2D eigenvalue weighted by molar-refractivity contribution is 8.00. The van der Waals surface area contributed by atoms with Gasteiger partial charge in [-0.25, -0.2) is 8.42 Å². The van der Waals surface area contributed by atoms with Gasteiger partial charge in [-0.2, -0.15) is 11.8 Å². The molecule has 0 aliphatic rings. The van der Waals surface area contributed by atoms with Crippen molar-refractivity contribution in [1.29, 1.82) is 0 Å². The Labute approximate surface area is 103 Å². The third-order valence-electron chi connectivity index (χ3n) is 1.84. The summed E-state index contributed by atoms with van der Waals surface area (Å²) < 4.78 is 21.7. The Bertz CT molecular complexity index is 265. The van der Waals surface area contributed by atoms with E-state index in [9.17, 15) is 13.5 Å². The van der Waals surface area contributed by atoms with E-state index in [0.29, 0.717) is 24.0 Å². The van der Waals surface area contributed by atoms with Gasteiger partial charge in [0.2, 0.25) is 0 Å². The number of sulfone groups is 1. The molecule has 0 rings (SSSR count). The molecule has 0 radical (unpaired) electrons. The smallest absolute Gasteiger partial charge is 0.148 e. The predicted octanol–water partition coefficient (Wildman–Crippen LogP) is 0.371. The molecule has 0 spiro atoms. The van der Waals surface area contributed by atoms with E-state index in [1.165, 1.54) is 18.0 Å². The standard InChI is InChI=1S/C10H23NO3S2/c1-9(2)6-11-7-10(12)8-15-4-5-16(3,13)14/h9-12H,4-8H2,1-3H3. The van der Waals surface area contributed by atoms with Crippen LogP contribution in [0.4, 0.5) is 0 Å². The second kappa shape index (κ2) is 8.33. The molecule has 1 unspecified atom stereocenters. The normalized spacial score (nSPS) is 14.3. The fourth-order valence-corrected chi connectivity index (χ4v) is 3.27. The molecule has 0 bridgehead atoms. The lowest BCUT2D eigenvalue weighted by Gasteiger charge is -2.12. The molecular weight excluding hydrogens is 246 g/mol. The monoisotopic (exact) mass is 269 g/mol. The third-order valence-corrected chi connectivity index (χ3v) is 4.16. The van der Waals surface area contributed by atoms with Crippen molar-refractivity contribution < 1.29 is 13.5 Å². The molecule has 0 aliphatic heterocycles. The highest BCUT2D eigenvalue weighted by atomic mass is 32.2. The number of rotatable bonds is 9. The van der Waals surface area contributed by atoms with Gasteiger partial charge in [-0.05, 0) is 12.5 Å². The summed E-state index contributed by atoms with van der Waals surface area (Å²) in [7, 11) is -2.87. The van der Waals surface area contributed by atoms with Crippen molar-refractivity contribution in [2.45, 2.75) is 20.0 Å². The fourth-order valence-electron chi connectivity index (χ4n) is 1.03. The first-order valence-corrected chi connectivity index (χ1v) is 8.67. The molecule has 98 valence electrons. The van der Waals surface area contributed by atoms with E-state index in [0.717, 1.165) is 6.54 Å². The summed E-state index contributed by atoms with van der Waals surface area (Å²) in [6.07, 6.45) is 0.831. The Morgan fingerprint density at radius 2 is 1.94 bits per heavy atom. The molecule has 4 nitrogen and oxygen atoms in total. The van der Waals surface area contributed by atoms with Crippen molar-refractivity contribution in [3.8, 4) is 0 Å². The molecule has 6 heteroatoms. The van der Waals surface area contributed by atoms with E-state index in [1.807, 2.05) is 0 Å². The Morgan fingerprint density at radius 3 is 2.44 bits per heavy atom. The molecule has 16 heavy (non-hydrogen) atoms. The highest BCUT2D eigenvalue weighted by Crippen LogP contribution is 2.03. The fraction of sp³-hybridized carbons (Fsp3) is 1.00. The maximum atomic E-state index is 10.8. The van der Waals surface area contributed by atoms with Gasteiger partial charge in [0.1, 0.15) is 9.84 Å². The molecule has 0 saturated heterocycles. The zero-order valence-electron chi connectivity index (χ0n) is 10.3. The van der Waals surface area contributed by atoms with E-state index in [4.69, 9.17) is 0 Å². The van der Waals surface area contributed by atoms with E-state index >= 15 is 0 Å². The summed E-state index contributed by atoms with van der Waals surface area (Å²) in [6.45, 7) is 5.69. The minimum atomic E-state index is -2.87. The van der Waals surface area contributed by atoms with Crippen LogP contribution in [0, 0.1) is 5.92 Å². The van der Waals surface area contributed by atoms with Gasteiger partial charge in [0, 0.05) is 24.3 Å². The van der Waals surface area contributed by atoms with Crippen LogP contribution < -0.4 is 5.32 Å². The van der Waals surface area contributed by atoms with Crippen LogP contribution in [-0.2, 0) is 9.84 Å². The lowest BCUT2D eigenvalue weighted by atomic mass is 10.2. The van der Waals surface area contributed by atoms with Crippen LogP contribution in [0.3, 0.4) is 0 Å². The van der Waals surface area contributed by atoms with Crippen LogP contribution >= 0.6 is 11.8 Å². The molecule has 0 aromatic rings. The zero-order valence-corrected chi connectivity index (χ0v) is 11.9. The highest BCUT2D eigenvalue weighted by Gasteiger charge is 2.06. The number of nitrogens with one attached hydrogen (secondary N) is 1. The van der Waals surface area contributed by atoms with Crippen molar-refractivity contribution in [2.75, 3.05) is 36.6 Å². The molecular formula is C10H23NO3S2. The quantitative estimate of drug-likeness (QED) is 0.592. The minimum absolute atomic E-state index is 0.184. The first-order chi connectivity index (χ1) is 7.31. The molecule has 0 heterocycles. The number of aliphatic hydroxyl groups excluding tert-OH is 1. The van der Waals surface area contributed by atoms with Gasteiger partial charge in [-0.1, -0.05) is 13.8 Å². The van der Waals surface area contributed by atoms with Gasteiger partial charge >= 0.3 is 0 Å². The largest absolute Gasteiger partial charge is 0.391 e. The Kier molecular flexibility index (Phi) is 8.45. The summed E-state index contributed by atoms with van der Waals surface area (Å²) in [5.41, 5.74) is 0. The van der Waals surface area contributed by atoms with Gasteiger partial charge < -0.3 is 10.4 Å². The molecule has 0 amide bonds. The van der Waals surface area contributed by atoms with Crippen molar-refractivity contribution >= 4 is 21.6 Å². The second-order valence-corrected chi connectivity index (χ2v) is 7.82. The Hall–Kier alpha value is 0.220. The van der Waals surface area contributed by atoms with Crippen molar-refractivity contribution in [3.05, 3.63) is 0 Å². The number of hydrogen-bond donors (Lipinski definition) is 2. The first-order valence-electron chi connectivity index (χ1n) is 5.45. The van der Waals surface area contributed by atoms with Crippen LogP contribution in [0.5, 0.6) is 0 Å². The van der Waals surface area contributed by atoms with Crippen LogP contribution in [0.15, 0.2) is 0 Å². The van der Waals surface area contributed by atoms with Gasteiger partial charge in [-0.3, -0.25) is 0 Å². The molecule has 0 aromatic carbocycles. The molecule has 1 atom stereocenters. The molecule has 0 fully saturated rings. The van der Waals surface area contributed by atoms with Gasteiger partial charge in [0.25, 0.3) is 0 Å². The van der Waals surface area contributed by atoms with E-state index in [-0.39, 0.29) is 5.75 Å². The Balaban J connectivity index is 3.40. The summed E-state index contributed by atoms with van der Waals surface area (Å²) in [4.78, 5) is 0. The molecule has 0 saturated carbocycles. The van der Waals surface area contributed by atoms with Crippen molar-refractivity contribution in [3.63, 3.8) is 0 Å². The van der Waals surface area contributed by atoms with Crippen LogP contribution in [0.1, 0.15) is 13.8 Å². The molecule has 0 aliphatic carbocycles. The average molecular weight is 269 g/mol. The van der Waals surface area contributed by atoms with Crippen molar-refractivity contribution in [2.24, 2.45) is 5.92 Å². The lowest BCUT2D eigenvalue weighted by molar-refractivity contribution is 0.194. The predicted molar refractivity (Wildman–Crippen MR) is 70.8 cm³/mol. The van der Waals surface area contributed by atoms with Gasteiger partial charge in [-0.15, -0.1) is 0 Å². The maximum Gasteiger partial charge on any atom is 0.148 e. The van der Waals surface area contributed by atoms with E-state index in [1.54, 1.807) is 0 Å². The van der Waals surface area contributed by atoms with Gasteiger partial charge in [0.05, 0.1) is 11.9 Å². The van der Waals surface area contributed by atoms with Crippen molar-refractivity contribution in [1.82, 2.24) is 5.32 Å². The summed E-state index contributed by atoms with van der Waals surface area (Å²) >= 11 is 1.48. The van der Waals surface area contributed by atoms with Crippen LogP contribution in [0.25, 0.3) is 0 Å². The lowest BCUT2D eigenvalue weighted by Crippen LogP contribution is -2.31. The van der Waals surface area contributed by atoms with Gasteiger partial charge in [0.15, 0.2) is 0 Å². The SMILES string of the molecule is CC(C)CNCC(O)CSCCS(C)(=O)=O. The second-order valence-electron chi connectivity index (χ2n) is 4.41. The maximum absolute atomic E-state index is 10.8. The topological polar surface area (TPSA) is 66.4 Å². The van der Waals surface area contributed by atoms with Crippen LogP contribution in [0.2, 0.25) is 0 Å². The number of aliphatic hydroxyl groups is 1. The van der Waals surface area contributed by atoms with Crippen LogP contribution in [-0.4, -0.2) is 56.2 Å². The van der Waals surface area contributed by atoms with E-state index in [2.05, 4.69) is 19.2 Å². The number of hydrogen-bond acceptors (Lipinski definition) is 5. The average Bonchev–Trinajstić information content (AvgIpc) is 2.10. The third kappa shape index (κ3) is 12.3. The summed E-state index contributed by atoms with van der Waals surface area (Å²) in [5.74, 6) is 1.90. The zero-order chi connectivity index (χ0) is 12.6. The summed E-state index contributed by atoms with van der Waals surface area (Å²) in [5, 5.41) is 12.7.